The van der Waals surface area contributed by atoms with E-state index in [1.54, 1.807) is 68.7 Å². The van der Waals surface area contributed by atoms with Gasteiger partial charge in [0.15, 0.2) is 0 Å². The van der Waals surface area contributed by atoms with Crippen LogP contribution in [0.5, 0.6) is 0 Å². The first-order valence-corrected chi connectivity index (χ1v) is 10.1. The third kappa shape index (κ3) is 5.15. The van der Waals surface area contributed by atoms with Crippen LogP contribution in [0.25, 0.3) is 0 Å². The second kappa shape index (κ2) is 8.32. The van der Waals surface area contributed by atoms with Gasteiger partial charge in [-0.1, -0.05) is 30.3 Å². The highest BCUT2D eigenvalue weighted by Gasteiger charge is 2.30. The number of rotatable bonds is 6. The number of likely N-dealkylation sites (N-methyl/N-ethyl adjacent to an activating group) is 1. The SMILES string of the molecule is CN(C)C(=O)c1ccc(NC(=O)[C@@H](c2ccccc2)N(C)S(C)(=O)=O)cc1. The maximum absolute atomic E-state index is 12.8. The van der Waals surface area contributed by atoms with Crippen LogP contribution in [0.2, 0.25) is 0 Å². The first-order chi connectivity index (χ1) is 12.6. The average Bonchev–Trinajstić information content (AvgIpc) is 2.62. The maximum Gasteiger partial charge on any atom is 0.253 e. The zero-order valence-electron chi connectivity index (χ0n) is 15.7. The molecule has 1 N–H and O–H groups in total. The Morgan fingerprint density at radius 3 is 1.96 bits per heavy atom. The van der Waals surface area contributed by atoms with Crippen LogP contribution in [-0.2, 0) is 14.8 Å². The van der Waals surface area contributed by atoms with Crippen molar-refractivity contribution in [3.05, 3.63) is 65.7 Å². The van der Waals surface area contributed by atoms with Crippen molar-refractivity contribution in [3.8, 4) is 0 Å². The normalized spacial score (nSPS) is 12.5. The summed E-state index contributed by atoms with van der Waals surface area (Å²) in [4.78, 5) is 26.2. The largest absolute Gasteiger partial charge is 0.345 e. The number of benzene rings is 2. The highest BCUT2D eigenvalue weighted by Crippen LogP contribution is 2.24. The van der Waals surface area contributed by atoms with Gasteiger partial charge in [-0.25, -0.2) is 8.42 Å². The Bertz CT molecular complexity index is 910. The quantitative estimate of drug-likeness (QED) is 0.818. The van der Waals surface area contributed by atoms with Gasteiger partial charge in [-0.3, -0.25) is 9.59 Å². The van der Waals surface area contributed by atoms with E-state index in [0.717, 1.165) is 10.6 Å². The van der Waals surface area contributed by atoms with Crippen LogP contribution in [0, 0.1) is 0 Å². The molecule has 0 aliphatic carbocycles. The van der Waals surface area contributed by atoms with Crippen LogP contribution in [0.15, 0.2) is 54.6 Å². The molecule has 2 aromatic carbocycles. The molecule has 7 nitrogen and oxygen atoms in total. The zero-order valence-corrected chi connectivity index (χ0v) is 16.5. The number of amides is 2. The Morgan fingerprint density at radius 1 is 0.926 bits per heavy atom. The van der Waals surface area contributed by atoms with Gasteiger partial charge < -0.3 is 10.2 Å². The molecule has 2 rings (SSSR count). The van der Waals surface area contributed by atoms with Crippen molar-refractivity contribution in [2.24, 2.45) is 0 Å². The highest BCUT2D eigenvalue weighted by atomic mass is 32.2. The van der Waals surface area contributed by atoms with Crippen molar-refractivity contribution in [1.29, 1.82) is 0 Å². The summed E-state index contributed by atoms with van der Waals surface area (Å²) in [7, 11) is 1.09. The minimum absolute atomic E-state index is 0.146. The molecule has 0 spiro atoms. The van der Waals surface area contributed by atoms with Gasteiger partial charge in [0.05, 0.1) is 6.26 Å². The predicted octanol–water partition coefficient (Wildman–Crippen LogP) is 1.96. The fourth-order valence-electron chi connectivity index (χ4n) is 2.52. The van der Waals surface area contributed by atoms with Crippen molar-refractivity contribution < 1.29 is 18.0 Å². The predicted molar refractivity (Wildman–Crippen MR) is 105 cm³/mol. The number of carbonyl (C=O) groups excluding carboxylic acids is 2. The van der Waals surface area contributed by atoms with Gasteiger partial charge in [-0.15, -0.1) is 0 Å². The van der Waals surface area contributed by atoms with Gasteiger partial charge in [0.25, 0.3) is 5.91 Å². The van der Waals surface area contributed by atoms with E-state index >= 15 is 0 Å². The summed E-state index contributed by atoms with van der Waals surface area (Å²) >= 11 is 0. The maximum atomic E-state index is 12.8. The van der Waals surface area contributed by atoms with E-state index in [1.165, 1.54) is 11.9 Å². The summed E-state index contributed by atoms with van der Waals surface area (Å²) in [6, 6.07) is 14.1. The Kier molecular flexibility index (Phi) is 6.35. The van der Waals surface area contributed by atoms with E-state index in [4.69, 9.17) is 0 Å². The van der Waals surface area contributed by atoms with Crippen molar-refractivity contribution in [2.75, 3.05) is 32.7 Å². The third-order valence-electron chi connectivity index (χ3n) is 4.06. The van der Waals surface area contributed by atoms with Gasteiger partial charge in [-0.05, 0) is 29.8 Å². The molecule has 2 aromatic rings. The zero-order chi connectivity index (χ0) is 20.2. The van der Waals surface area contributed by atoms with E-state index in [1.807, 2.05) is 0 Å². The molecule has 0 fully saturated rings. The summed E-state index contributed by atoms with van der Waals surface area (Å²) < 4.78 is 25.0. The summed E-state index contributed by atoms with van der Waals surface area (Å²) in [6.07, 6.45) is 1.05. The molecule has 0 saturated carbocycles. The molecule has 1 atom stereocenters. The first-order valence-electron chi connectivity index (χ1n) is 8.22. The van der Waals surface area contributed by atoms with Crippen LogP contribution in [0.4, 0.5) is 5.69 Å². The first kappa shape index (κ1) is 20.6. The molecule has 0 saturated heterocycles. The lowest BCUT2D eigenvalue weighted by molar-refractivity contribution is -0.119. The molecule has 0 aliphatic rings. The van der Waals surface area contributed by atoms with E-state index < -0.39 is 22.0 Å². The molecule has 0 aliphatic heterocycles. The monoisotopic (exact) mass is 389 g/mol. The van der Waals surface area contributed by atoms with E-state index in [0.29, 0.717) is 16.8 Å². The molecule has 8 heteroatoms. The van der Waals surface area contributed by atoms with Gasteiger partial charge in [0.2, 0.25) is 15.9 Å². The molecule has 27 heavy (non-hydrogen) atoms. The number of anilines is 1. The number of hydrogen-bond acceptors (Lipinski definition) is 4. The van der Waals surface area contributed by atoms with Crippen LogP contribution in [0.3, 0.4) is 0 Å². The summed E-state index contributed by atoms with van der Waals surface area (Å²) in [5, 5.41) is 2.72. The lowest BCUT2D eigenvalue weighted by Gasteiger charge is -2.25. The van der Waals surface area contributed by atoms with Crippen molar-refractivity contribution in [3.63, 3.8) is 0 Å². The van der Waals surface area contributed by atoms with E-state index in [-0.39, 0.29) is 5.91 Å². The Hall–Kier alpha value is -2.71. The summed E-state index contributed by atoms with van der Waals surface area (Å²) in [5.41, 5.74) is 1.52. The smallest absolute Gasteiger partial charge is 0.253 e. The van der Waals surface area contributed by atoms with Crippen LogP contribution in [0.1, 0.15) is 22.0 Å². The minimum Gasteiger partial charge on any atom is -0.345 e. The summed E-state index contributed by atoms with van der Waals surface area (Å²) in [5.74, 6) is -0.632. The highest BCUT2D eigenvalue weighted by molar-refractivity contribution is 7.88. The van der Waals surface area contributed by atoms with E-state index in [2.05, 4.69) is 5.32 Å². The van der Waals surface area contributed by atoms with Crippen molar-refractivity contribution in [1.82, 2.24) is 9.21 Å². The average molecular weight is 389 g/mol. The Morgan fingerprint density at radius 2 is 1.48 bits per heavy atom. The molecular formula is C19H23N3O4S. The Labute approximate surface area is 159 Å². The van der Waals surface area contributed by atoms with Gasteiger partial charge in [0.1, 0.15) is 6.04 Å². The van der Waals surface area contributed by atoms with Gasteiger partial charge >= 0.3 is 0 Å². The van der Waals surface area contributed by atoms with Crippen LogP contribution >= 0.6 is 0 Å². The molecule has 0 radical (unpaired) electrons. The molecule has 0 unspecified atom stereocenters. The van der Waals surface area contributed by atoms with Crippen molar-refractivity contribution >= 4 is 27.5 Å². The lowest BCUT2D eigenvalue weighted by Crippen LogP contribution is -2.38. The van der Waals surface area contributed by atoms with Crippen molar-refractivity contribution in [2.45, 2.75) is 6.04 Å². The molecule has 0 aromatic heterocycles. The molecular weight excluding hydrogens is 366 g/mol. The lowest BCUT2D eigenvalue weighted by atomic mass is 10.1. The fourth-order valence-corrected chi connectivity index (χ4v) is 3.12. The fraction of sp³-hybridized carbons (Fsp3) is 0.263. The topological polar surface area (TPSA) is 86.8 Å². The van der Waals surface area contributed by atoms with E-state index in [9.17, 15) is 18.0 Å². The molecule has 2 amide bonds. The van der Waals surface area contributed by atoms with Gasteiger partial charge in [0, 0.05) is 32.4 Å². The number of carbonyl (C=O) groups is 2. The van der Waals surface area contributed by atoms with Crippen LogP contribution in [-0.4, -0.2) is 56.8 Å². The number of nitrogens with zero attached hydrogens (tertiary/aromatic N) is 2. The summed E-state index contributed by atoms with van der Waals surface area (Å²) in [6.45, 7) is 0. The number of hydrogen-bond donors (Lipinski definition) is 1. The number of sulfonamides is 1. The molecule has 144 valence electrons. The Balaban J connectivity index is 2.27. The minimum atomic E-state index is -3.59. The van der Waals surface area contributed by atoms with Crippen LogP contribution < -0.4 is 5.32 Å². The number of nitrogens with one attached hydrogen (secondary N) is 1. The molecule has 0 bridgehead atoms. The third-order valence-corrected chi connectivity index (χ3v) is 5.31. The standard InChI is InChI=1S/C19H23N3O4S/c1-21(2)19(24)15-10-12-16(13-11-15)20-18(23)17(22(3)27(4,25)26)14-8-6-5-7-9-14/h5-13,17H,1-4H3,(H,20,23)/t17-/m1/s1. The molecule has 0 heterocycles. The van der Waals surface area contributed by atoms with Gasteiger partial charge in [-0.2, -0.15) is 4.31 Å². The second-order valence-electron chi connectivity index (χ2n) is 6.36. The second-order valence-corrected chi connectivity index (χ2v) is 8.40.